The van der Waals surface area contributed by atoms with Crippen molar-refractivity contribution in [3.8, 4) is 72.8 Å². The van der Waals surface area contributed by atoms with Gasteiger partial charge in [0.1, 0.15) is 0 Å². The van der Waals surface area contributed by atoms with E-state index in [9.17, 15) is 5.26 Å². The Morgan fingerprint density at radius 1 is 0.369 bits per heavy atom. The first-order valence-electron chi connectivity index (χ1n) is 23.6. The van der Waals surface area contributed by atoms with Crippen molar-refractivity contribution in [1.82, 2.24) is 0 Å². The number of fused-ring (bicyclic) bond motifs is 20. The lowest BCUT2D eigenvalue weighted by molar-refractivity contribution is 0.657. The van der Waals surface area contributed by atoms with Gasteiger partial charge in [0.2, 0.25) is 6.71 Å². The molecule has 0 N–H and O–H groups in total. The molecule has 0 unspecified atom stereocenters. The van der Waals surface area contributed by atoms with Gasteiger partial charge < -0.3 is 0 Å². The number of nitriles is 1. The summed E-state index contributed by atoms with van der Waals surface area (Å²) in [6, 6.07) is 54.4. The summed E-state index contributed by atoms with van der Waals surface area (Å²) in [6.45, 7) is 19.4. The van der Waals surface area contributed by atoms with Crippen LogP contribution in [-0.2, 0) is 21.7 Å². The fourth-order valence-electron chi connectivity index (χ4n) is 15.1. The molecule has 1 nitrogen and oxygen atoms in total. The zero-order chi connectivity index (χ0) is 44.0. The molecule has 4 aliphatic carbocycles. The van der Waals surface area contributed by atoms with Gasteiger partial charge >= 0.3 is 0 Å². The molecule has 0 saturated carbocycles. The van der Waals surface area contributed by atoms with Gasteiger partial charge in [-0.05, 0) is 157 Å². The smallest absolute Gasteiger partial charge is 0.192 e. The van der Waals surface area contributed by atoms with Gasteiger partial charge in [-0.1, -0.05) is 181 Å². The number of hydrogen-bond acceptors (Lipinski definition) is 1. The molecule has 6 aliphatic rings. The molecule has 9 aromatic carbocycles. The first-order valence-corrected chi connectivity index (χ1v) is 23.6. The predicted octanol–water partition coefficient (Wildman–Crippen LogP) is 13.6. The SMILES string of the molecule is CC1(C)c2ccccc2-c2c1cc1c3c(cc4c1c2-c1cc(C#N)cc2c1B4c1cc4c(c5cc6c(c-2c15)-c1ccccc1C6(C)C)C(C)(C)c1ccccc1-4)-c1ccccc1C3(C)C. The Morgan fingerprint density at radius 2 is 0.738 bits per heavy atom. The number of nitrogens with zero attached hydrogens (tertiary/aromatic N) is 1. The van der Waals surface area contributed by atoms with E-state index in [0.29, 0.717) is 0 Å². The predicted molar refractivity (Wildman–Crippen MR) is 272 cm³/mol. The molecule has 9 aromatic rings. The molecule has 0 bridgehead atoms. The maximum atomic E-state index is 11.2. The Kier molecular flexibility index (Phi) is 6.22. The Morgan fingerprint density at radius 3 is 1.14 bits per heavy atom. The molecule has 0 aromatic heterocycles. The van der Waals surface area contributed by atoms with Gasteiger partial charge in [0.25, 0.3) is 0 Å². The summed E-state index contributed by atoms with van der Waals surface area (Å²) in [5, 5.41) is 16.7. The summed E-state index contributed by atoms with van der Waals surface area (Å²) in [5.74, 6) is 0. The van der Waals surface area contributed by atoms with Crippen molar-refractivity contribution < 1.29 is 0 Å². The van der Waals surface area contributed by atoms with Crippen molar-refractivity contribution >= 4 is 44.6 Å². The van der Waals surface area contributed by atoms with Crippen LogP contribution in [0.1, 0.15) is 105 Å². The molecule has 2 aliphatic heterocycles. The van der Waals surface area contributed by atoms with E-state index in [0.717, 1.165) is 5.56 Å². The summed E-state index contributed by atoms with van der Waals surface area (Å²) >= 11 is 0. The molecule has 65 heavy (non-hydrogen) atoms. The third kappa shape index (κ3) is 3.88. The van der Waals surface area contributed by atoms with Crippen molar-refractivity contribution in [1.29, 1.82) is 5.26 Å². The highest BCUT2D eigenvalue weighted by molar-refractivity contribution is 7.01. The van der Waals surface area contributed by atoms with Crippen LogP contribution in [0.3, 0.4) is 0 Å². The number of hydrogen-bond donors (Lipinski definition) is 0. The first-order chi connectivity index (χ1) is 31.3. The van der Waals surface area contributed by atoms with Crippen LogP contribution in [0.5, 0.6) is 0 Å². The van der Waals surface area contributed by atoms with Crippen LogP contribution in [0.4, 0.5) is 0 Å². The summed E-state index contributed by atoms with van der Waals surface area (Å²) < 4.78 is 0. The quantitative estimate of drug-likeness (QED) is 0.140. The number of rotatable bonds is 0. The molecule has 0 spiro atoms. The van der Waals surface area contributed by atoms with E-state index in [4.69, 9.17) is 0 Å². The molecule has 2 heterocycles. The van der Waals surface area contributed by atoms with E-state index < -0.39 is 0 Å². The second-order valence-electron chi connectivity index (χ2n) is 22.2. The largest absolute Gasteiger partial charge is 0.244 e. The minimum Gasteiger partial charge on any atom is -0.192 e. The minimum atomic E-state index is -0.214. The zero-order valence-corrected chi connectivity index (χ0v) is 38.2. The monoisotopic (exact) mass is 827 g/mol. The zero-order valence-electron chi connectivity index (χ0n) is 38.2. The fraction of sp³-hybridized carbons (Fsp3) is 0.190. The maximum Gasteiger partial charge on any atom is 0.244 e. The Labute approximate surface area is 381 Å². The third-order valence-corrected chi connectivity index (χ3v) is 17.8. The lowest BCUT2D eigenvalue weighted by Gasteiger charge is -2.38. The van der Waals surface area contributed by atoms with Gasteiger partial charge in [0.15, 0.2) is 0 Å². The second-order valence-corrected chi connectivity index (χ2v) is 22.2. The first kappa shape index (κ1) is 36.4. The molecule has 2 heteroatoms. The van der Waals surface area contributed by atoms with Crippen molar-refractivity contribution in [3.05, 3.63) is 184 Å². The van der Waals surface area contributed by atoms with Crippen LogP contribution in [0, 0.1) is 11.3 Å². The molecule has 0 fully saturated rings. The van der Waals surface area contributed by atoms with Crippen LogP contribution in [-0.4, -0.2) is 6.71 Å². The van der Waals surface area contributed by atoms with E-state index >= 15 is 0 Å². The highest BCUT2D eigenvalue weighted by atomic mass is 14.5. The molecular weight excluding hydrogens is 782 g/mol. The maximum absolute atomic E-state index is 11.2. The summed E-state index contributed by atoms with van der Waals surface area (Å²) in [6.07, 6.45) is 0. The van der Waals surface area contributed by atoms with Gasteiger partial charge in [-0.15, -0.1) is 0 Å². The average molecular weight is 828 g/mol. The van der Waals surface area contributed by atoms with Crippen LogP contribution < -0.4 is 16.4 Å². The molecule has 0 amide bonds. The van der Waals surface area contributed by atoms with Gasteiger partial charge in [-0.25, -0.2) is 0 Å². The van der Waals surface area contributed by atoms with E-state index in [1.54, 1.807) is 0 Å². The molecule has 0 saturated heterocycles. The Hall–Kier alpha value is -6.95. The highest BCUT2D eigenvalue weighted by Crippen LogP contribution is 2.62. The Bertz CT molecular complexity index is 3660. The number of benzene rings is 9. The van der Waals surface area contributed by atoms with E-state index in [1.165, 1.54) is 149 Å². The van der Waals surface area contributed by atoms with Gasteiger partial charge in [-0.2, -0.15) is 5.26 Å². The van der Waals surface area contributed by atoms with E-state index in [1.807, 2.05) is 0 Å². The summed E-state index contributed by atoms with van der Waals surface area (Å²) in [7, 11) is 0. The second kappa shape index (κ2) is 11.1. The lowest BCUT2D eigenvalue weighted by Crippen LogP contribution is -2.57. The fourth-order valence-corrected chi connectivity index (χ4v) is 15.1. The molecule has 15 rings (SSSR count). The van der Waals surface area contributed by atoms with E-state index in [-0.39, 0.29) is 28.4 Å². The molecular formula is C63H46BN. The van der Waals surface area contributed by atoms with Crippen LogP contribution in [0.2, 0.25) is 0 Å². The van der Waals surface area contributed by atoms with Crippen LogP contribution in [0.25, 0.3) is 88.3 Å². The van der Waals surface area contributed by atoms with Crippen molar-refractivity contribution in [3.63, 3.8) is 0 Å². The third-order valence-electron chi connectivity index (χ3n) is 17.8. The lowest BCUT2D eigenvalue weighted by atomic mass is 9.30. The highest BCUT2D eigenvalue weighted by Gasteiger charge is 2.50. The topological polar surface area (TPSA) is 23.8 Å². The standard InChI is InChI=1S/C63H46BN/c1-60(2)45-23-15-11-19-35(45)51-47(60)27-39-53-49(29-37-33-17-9-13-21-43(33)62(5,6)57(37)39)64-50-30-38-34-18-10-14-22-44(34)63(7,8)58(38)40-28-48-52(36-20-12-16-24-46(36)61(48,3)4)56(54(40)50)42-26-32(31-65)25-41(55(51)53)59(42)64/h9-30H,1-8H3. The normalized spacial score (nSPS) is 17.4. The van der Waals surface area contributed by atoms with Gasteiger partial charge in [0.05, 0.1) is 11.6 Å². The summed E-state index contributed by atoms with van der Waals surface area (Å²) in [4.78, 5) is 0. The van der Waals surface area contributed by atoms with E-state index in [2.05, 4.69) is 195 Å². The van der Waals surface area contributed by atoms with Crippen molar-refractivity contribution in [2.24, 2.45) is 0 Å². The van der Waals surface area contributed by atoms with Crippen molar-refractivity contribution in [2.75, 3.05) is 0 Å². The molecule has 306 valence electrons. The van der Waals surface area contributed by atoms with Gasteiger partial charge in [-0.3, -0.25) is 0 Å². The molecule has 0 radical (unpaired) electrons. The molecule has 0 atom stereocenters. The van der Waals surface area contributed by atoms with Crippen molar-refractivity contribution in [2.45, 2.75) is 77.0 Å². The van der Waals surface area contributed by atoms with Crippen LogP contribution in [0.15, 0.2) is 133 Å². The average Bonchev–Trinajstić information content (AvgIpc) is 3.88. The van der Waals surface area contributed by atoms with Gasteiger partial charge in [0, 0.05) is 21.7 Å². The minimum absolute atomic E-state index is 0.0505. The van der Waals surface area contributed by atoms with Crippen LogP contribution >= 0.6 is 0 Å². The Balaban J connectivity index is 1.21. The summed E-state index contributed by atoms with van der Waals surface area (Å²) in [5.41, 5.74) is 31.0.